The quantitative estimate of drug-likeness (QED) is 0.0681. The first-order valence-corrected chi connectivity index (χ1v) is 19.8. The van der Waals surface area contributed by atoms with Crippen LogP contribution in [-0.4, -0.2) is 70.6 Å². The van der Waals surface area contributed by atoms with Gasteiger partial charge in [0.2, 0.25) is 0 Å². The molecule has 8 heteroatoms. The van der Waals surface area contributed by atoms with Crippen LogP contribution < -0.4 is 16.8 Å². The Labute approximate surface area is 282 Å². The number of ether oxygens (including phenoxy) is 3. The third-order valence-electron chi connectivity index (χ3n) is 11.6. The van der Waals surface area contributed by atoms with E-state index in [1.54, 1.807) is 0 Å². The second kappa shape index (κ2) is 23.5. The highest BCUT2D eigenvalue weighted by Crippen LogP contribution is 2.40. The zero-order valence-corrected chi connectivity index (χ0v) is 29.5. The Morgan fingerprint density at radius 1 is 0.609 bits per heavy atom. The molecule has 8 nitrogen and oxygen atoms in total. The van der Waals surface area contributed by atoms with Crippen LogP contribution in [0.1, 0.15) is 141 Å². The van der Waals surface area contributed by atoms with Gasteiger partial charge >= 0.3 is 0 Å². The van der Waals surface area contributed by atoms with Gasteiger partial charge in [0, 0.05) is 31.0 Å². The van der Waals surface area contributed by atoms with Gasteiger partial charge in [0.25, 0.3) is 0 Å². The van der Waals surface area contributed by atoms with Crippen molar-refractivity contribution in [1.82, 2.24) is 5.32 Å². The molecule has 2 unspecified atom stereocenters. The maximum absolute atomic E-state index is 6.37. The monoisotopic (exact) mass is 646 g/mol. The lowest BCUT2D eigenvalue weighted by Crippen LogP contribution is -2.47. The summed E-state index contributed by atoms with van der Waals surface area (Å²) >= 11 is 0. The van der Waals surface area contributed by atoms with E-state index in [1.807, 2.05) is 0 Å². The van der Waals surface area contributed by atoms with Gasteiger partial charge in [0.1, 0.15) is 6.73 Å². The van der Waals surface area contributed by atoms with Gasteiger partial charge in [-0.3, -0.25) is 15.3 Å². The highest BCUT2D eigenvalue weighted by molar-refractivity contribution is 6.43. The molecular formula is C38H71N5O3. The molecular weight excluding hydrogens is 574 g/mol. The highest BCUT2D eigenvalue weighted by Gasteiger charge is 2.35. The van der Waals surface area contributed by atoms with E-state index < -0.39 is 0 Å². The lowest BCUT2D eigenvalue weighted by atomic mass is 9.69. The number of rotatable bonds is 21. The summed E-state index contributed by atoms with van der Waals surface area (Å²) in [6.07, 6.45) is 28.9. The topological polar surface area (TPSA) is 116 Å². The van der Waals surface area contributed by atoms with Crippen molar-refractivity contribution < 1.29 is 14.2 Å². The van der Waals surface area contributed by atoms with E-state index in [0.29, 0.717) is 70.3 Å². The zero-order valence-electron chi connectivity index (χ0n) is 29.5. The molecule has 0 saturated heterocycles. The molecule has 0 radical (unpaired) electrons. The lowest BCUT2D eigenvalue weighted by Gasteiger charge is -2.42. The van der Waals surface area contributed by atoms with E-state index in [9.17, 15) is 0 Å². The van der Waals surface area contributed by atoms with Crippen molar-refractivity contribution in [2.24, 2.45) is 51.0 Å². The molecule has 2 atom stereocenters. The largest absolute Gasteiger partial charge is 0.367 e. The van der Waals surface area contributed by atoms with Crippen LogP contribution in [0.4, 0.5) is 0 Å². The van der Waals surface area contributed by atoms with Crippen molar-refractivity contribution in [3.05, 3.63) is 0 Å². The maximum Gasteiger partial charge on any atom is 0.137 e. The average Bonchev–Trinajstić information content (AvgIpc) is 3.12. The number of hydrogen-bond donors (Lipinski definition) is 3. The van der Waals surface area contributed by atoms with Gasteiger partial charge in [-0.1, -0.05) is 89.9 Å². The van der Waals surface area contributed by atoms with Crippen molar-refractivity contribution in [3.63, 3.8) is 0 Å². The van der Waals surface area contributed by atoms with Crippen LogP contribution in [0.15, 0.2) is 9.98 Å². The van der Waals surface area contributed by atoms with E-state index >= 15 is 0 Å². The Morgan fingerprint density at radius 2 is 1.17 bits per heavy atom. The van der Waals surface area contributed by atoms with Crippen LogP contribution >= 0.6 is 0 Å². The summed E-state index contributed by atoms with van der Waals surface area (Å²) in [5.41, 5.74) is 13.9. The van der Waals surface area contributed by atoms with Crippen LogP contribution in [0.25, 0.3) is 0 Å². The Kier molecular flexibility index (Phi) is 19.3. The maximum atomic E-state index is 6.37. The minimum absolute atomic E-state index is 0.327. The molecule has 4 saturated carbocycles. The van der Waals surface area contributed by atoms with Crippen molar-refractivity contribution in [3.8, 4) is 0 Å². The summed E-state index contributed by atoms with van der Waals surface area (Å²) < 4.78 is 17.7. The predicted molar refractivity (Wildman–Crippen MR) is 191 cm³/mol. The first-order valence-electron chi connectivity index (χ1n) is 19.8. The molecule has 4 rings (SSSR count). The molecule has 0 spiro atoms. The molecule has 0 aromatic heterocycles. The molecule has 0 aromatic rings. The van der Waals surface area contributed by atoms with E-state index in [1.165, 1.54) is 146 Å². The molecule has 0 heterocycles. The van der Waals surface area contributed by atoms with E-state index in [2.05, 4.69) is 5.32 Å². The summed E-state index contributed by atoms with van der Waals surface area (Å²) in [6.45, 7) is 4.58. The molecule has 0 amide bonds. The van der Waals surface area contributed by atoms with Gasteiger partial charge in [0.15, 0.2) is 0 Å². The van der Waals surface area contributed by atoms with E-state index in [0.717, 1.165) is 24.9 Å². The lowest BCUT2D eigenvalue weighted by molar-refractivity contribution is 0.0590. The fraction of sp³-hybridized carbons (Fsp3) is 0.947. The third-order valence-corrected chi connectivity index (χ3v) is 11.6. The predicted octanol–water partition coefficient (Wildman–Crippen LogP) is 7.38. The minimum atomic E-state index is 0.327. The first kappa shape index (κ1) is 37.9. The van der Waals surface area contributed by atoms with Crippen LogP contribution in [0, 0.1) is 29.6 Å². The smallest absolute Gasteiger partial charge is 0.137 e. The molecule has 0 bridgehead atoms. The summed E-state index contributed by atoms with van der Waals surface area (Å²) in [5, 5.41) is 4.01. The normalized spacial score (nSPS) is 23.5. The number of hydrogen-bond acceptors (Lipinski definition) is 8. The molecule has 266 valence electrons. The standard InChI is InChI=1S/C38H71N5O3/c39-23-26-45-30-43-38(34-20-11-4-12-21-34)37(33-18-9-3-10-19-33)41-24-27-46-29-42-36(32-16-7-2-8-17-32)35(22-13-25-44-28-40)31-14-5-1-6-15-31/h31-36,42H,1-30,39-40H2. The van der Waals surface area contributed by atoms with Crippen LogP contribution in [-0.2, 0) is 14.2 Å². The third kappa shape index (κ3) is 13.2. The molecule has 4 aliphatic carbocycles. The van der Waals surface area contributed by atoms with E-state index in [4.69, 9.17) is 35.7 Å². The zero-order chi connectivity index (χ0) is 32.1. The van der Waals surface area contributed by atoms with Crippen molar-refractivity contribution in [2.45, 2.75) is 147 Å². The Balaban J connectivity index is 1.39. The van der Waals surface area contributed by atoms with Crippen molar-refractivity contribution in [2.75, 3.05) is 53.1 Å². The van der Waals surface area contributed by atoms with Crippen LogP contribution in [0.3, 0.4) is 0 Å². The fourth-order valence-electron chi connectivity index (χ4n) is 9.25. The van der Waals surface area contributed by atoms with Gasteiger partial charge in [-0.2, -0.15) is 0 Å². The minimum Gasteiger partial charge on any atom is -0.367 e. The second-order valence-corrected chi connectivity index (χ2v) is 14.8. The van der Waals surface area contributed by atoms with Gasteiger partial charge in [-0.05, 0) is 69.1 Å². The SMILES string of the molecule is NCCOCN=C(C(=NCCOCNC(C1CCCCC1)C(CCCOCN)C1CCCCC1)C1CCCCC1)C1CCCCC1. The summed E-state index contributed by atoms with van der Waals surface area (Å²) in [5.74, 6) is 3.31. The molecule has 0 aliphatic heterocycles. The summed E-state index contributed by atoms with van der Waals surface area (Å²) in [7, 11) is 0. The molecule has 4 aliphatic rings. The van der Waals surface area contributed by atoms with Crippen LogP contribution in [0.2, 0.25) is 0 Å². The molecule has 0 aromatic carbocycles. The number of nitrogens with one attached hydrogen (secondary N) is 1. The summed E-state index contributed by atoms with van der Waals surface area (Å²) in [6, 6.07) is 0.529. The van der Waals surface area contributed by atoms with Crippen molar-refractivity contribution >= 4 is 11.4 Å². The number of nitrogens with zero attached hydrogens (tertiary/aromatic N) is 2. The first-order chi connectivity index (χ1) is 22.8. The number of nitrogens with two attached hydrogens (primary N) is 2. The fourth-order valence-corrected chi connectivity index (χ4v) is 9.25. The van der Waals surface area contributed by atoms with Gasteiger partial charge < -0.3 is 25.7 Å². The van der Waals surface area contributed by atoms with Crippen molar-refractivity contribution in [1.29, 1.82) is 0 Å². The number of aliphatic imine (C=N–C) groups is 2. The summed E-state index contributed by atoms with van der Waals surface area (Å²) in [4.78, 5) is 10.4. The van der Waals surface area contributed by atoms with Gasteiger partial charge in [0.05, 0.1) is 44.6 Å². The average molecular weight is 646 g/mol. The van der Waals surface area contributed by atoms with Gasteiger partial charge in [-0.15, -0.1) is 0 Å². The Morgan fingerprint density at radius 3 is 1.76 bits per heavy atom. The highest BCUT2D eigenvalue weighted by atomic mass is 16.5. The van der Waals surface area contributed by atoms with Crippen LogP contribution in [0.5, 0.6) is 0 Å². The molecule has 5 N–H and O–H groups in total. The van der Waals surface area contributed by atoms with Gasteiger partial charge in [-0.25, -0.2) is 0 Å². The molecule has 46 heavy (non-hydrogen) atoms. The Hall–Kier alpha value is -0.900. The second-order valence-electron chi connectivity index (χ2n) is 14.8. The Bertz CT molecular complexity index is 830. The van der Waals surface area contributed by atoms with E-state index in [-0.39, 0.29) is 0 Å². The molecule has 4 fully saturated rings.